The summed E-state index contributed by atoms with van der Waals surface area (Å²) in [6, 6.07) is 12.6. The van der Waals surface area contributed by atoms with Crippen molar-refractivity contribution in [3.63, 3.8) is 0 Å². The Labute approximate surface area is 154 Å². The molecule has 2 N–H and O–H groups in total. The van der Waals surface area contributed by atoms with Gasteiger partial charge in [-0.1, -0.05) is 41.4 Å². The van der Waals surface area contributed by atoms with Crippen LogP contribution in [0.15, 0.2) is 48.5 Å². The van der Waals surface area contributed by atoms with Gasteiger partial charge in [0.1, 0.15) is 0 Å². The Morgan fingerprint density at radius 3 is 2.32 bits per heavy atom. The van der Waals surface area contributed by atoms with Crippen molar-refractivity contribution in [2.45, 2.75) is 13.0 Å². The van der Waals surface area contributed by atoms with Crippen molar-refractivity contribution >= 4 is 41.0 Å². The molecular formula is C17H14Cl2N2O4. The van der Waals surface area contributed by atoms with E-state index in [0.717, 1.165) is 0 Å². The van der Waals surface area contributed by atoms with E-state index in [1.54, 1.807) is 30.3 Å². The van der Waals surface area contributed by atoms with E-state index >= 15 is 0 Å². The quantitative estimate of drug-likeness (QED) is 0.630. The molecular weight excluding hydrogens is 367 g/mol. The van der Waals surface area contributed by atoms with E-state index in [-0.39, 0.29) is 10.6 Å². The van der Waals surface area contributed by atoms with Gasteiger partial charge in [0.05, 0.1) is 10.6 Å². The first-order chi connectivity index (χ1) is 11.9. The van der Waals surface area contributed by atoms with Crippen LogP contribution in [0, 0.1) is 0 Å². The first-order valence-corrected chi connectivity index (χ1v) is 7.95. The molecule has 2 aromatic carbocycles. The van der Waals surface area contributed by atoms with Crippen molar-refractivity contribution in [3.8, 4) is 0 Å². The highest BCUT2D eigenvalue weighted by molar-refractivity contribution is 6.36. The van der Waals surface area contributed by atoms with Crippen molar-refractivity contribution in [1.82, 2.24) is 10.9 Å². The number of hydrogen-bond acceptors (Lipinski definition) is 4. The Balaban J connectivity index is 1.89. The molecule has 8 heteroatoms. The molecule has 2 amide bonds. The van der Waals surface area contributed by atoms with Gasteiger partial charge in [0.15, 0.2) is 6.10 Å². The molecule has 0 bridgehead atoms. The monoisotopic (exact) mass is 380 g/mol. The fourth-order valence-electron chi connectivity index (χ4n) is 1.81. The first-order valence-electron chi connectivity index (χ1n) is 7.19. The highest BCUT2D eigenvalue weighted by Crippen LogP contribution is 2.22. The number of esters is 1. The highest BCUT2D eigenvalue weighted by Gasteiger charge is 2.21. The molecule has 0 spiro atoms. The number of hydrazine groups is 1. The Morgan fingerprint density at radius 2 is 1.68 bits per heavy atom. The summed E-state index contributed by atoms with van der Waals surface area (Å²) in [5, 5.41) is 0.485. The Kier molecular flexibility index (Phi) is 6.38. The lowest BCUT2D eigenvalue weighted by molar-refractivity contribution is -0.129. The Hall–Kier alpha value is -2.57. The number of rotatable bonds is 4. The maximum absolute atomic E-state index is 12.0. The summed E-state index contributed by atoms with van der Waals surface area (Å²) in [4.78, 5) is 35.8. The van der Waals surface area contributed by atoms with E-state index in [4.69, 9.17) is 27.9 Å². The number of carbonyl (C=O) groups excluding carboxylic acids is 3. The summed E-state index contributed by atoms with van der Waals surface area (Å²) in [7, 11) is 0. The minimum atomic E-state index is -1.14. The standard InChI is InChI=1S/C17H14Cl2N2O4/c1-10(25-17(24)13-8-7-12(18)9-14(13)19)15(22)20-21-16(23)11-5-3-2-4-6-11/h2-10H,1H3,(H,20,22)(H,21,23)/t10-/m1/s1. The van der Waals surface area contributed by atoms with Gasteiger partial charge >= 0.3 is 5.97 Å². The zero-order chi connectivity index (χ0) is 18.4. The first kappa shape index (κ1) is 18.8. The average molecular weight is 381 g/mol. The maximum atomic E-state index is 12.0. The maximum Gasteiger partial charge on any atom is 0.340 e. The minimum absolute atomic E-state index is 0.0824. The number of benzene rings is 2. The van der Waals surface area contributed by atoms with Gasteiger partial charge in [0, 0.05) is 10.6 Å². The number of halogens is 2. The number of amides is 2. The van der Waals surface area contributed by atoms with E-state index in [9.17, 15) is 14.4 Å². The van der Waals surface area contributed by atoms with E-state index in [1.165, 1.54) is 25.1 Å². The van der Waals surface area contributed by atoms with Crippen LogP contribution in [0.3, 0.4) is 0 Å². The van der Waals surface area contributed by atoms with Crippen LogP contribution in [0.2, 0.25) is 10.0 Å². The van der Waals surface area contributed by atoms with Crippen LogP contribution in [0.5, 0.6) is 0 Å². The number of ether oxygens (including phenoxy) is 1. The Bertz CT molecular complexity index is 796. The summed E-state index contributed by atoms with van der Waals surface area (Å²) >= 11 is 11.7. The predicted octanol–water partition coefficient (Wildman–Crippen LogP) is 3.00. The van der Waals surface area contributed by atoms with Crippen molar-refractivity contribution in [2.75, 3.05) is 0 Å². The zero-order valence-electron chi connectivity index (χ0n) is 13.1. The lowest BCUT2D eigenvalue weighted by Gasteiger charge is -2.14. The van der Waals surface area contributed by atoms with E-state index < -0.39 is 23.9 Å². The van der Waals surface area contributed by atoms with Crippen LogP contribution < -0.4 is 10.9 Å². The van der Waals surface area contributed by atoms with Gasteiger partial charge in [-0.2, -0.15) is 0 Å². The van der Waals surface area contributed by atoms with Gasteiger partial charge < -0.3 is 4.74 Å². The third kappa shape index (κ3) is 5.20. The third-order valence-corrected chi connectivity index (χ3v) is 3.69. The molecule has 0 heterocycles. The molecule has 0 fully saturated rings. The molecule has 2 aromatic rings. The average Bonchev–Trinajstić information content (AvgIpc) is 2.59. The highest BCUT2D eigenvalue weighted by atomic mass is 35.5. The van der Waals surface area contributed by atoms with Crippen LogP contribution in [-0.4, -0.2) is 23.9 Å². The second-order valence-electron chi connectivity index (χ2n) is 4.98. The molecule has 2 rings (SSSR count). The minimum Gasteiger partial charge on any atom is -0.449 e. The molecule has 0 radical (unpaired) electrons. The largest absolute Gasteiger partial charge is 0.449 e. The number of carbonyl (C=O) groups is 3. The topological polar surface area (TPSA) is 84.5 Å². The lowest BCUT2D eigenvalue weighted by Crippen LogP contribution is -2.46. The molecule has 1 atom stereocenters. The molecule has 25 heavy (non-hydrogen) atoms. The molecule has 0 aliphatic heterocycles. The Morgan fingerprint density at radius 1 is 1.00 bits per heavy atom. The van der Waals surface area contributed by atoms with Crippen molar-refractivity contribution in [2.24, 2.45) is 0 Å². The second-order valence-corrected chi connectivity index (χ2v) is 5.82. The molecule has 0 aromatic heterocycles. The van der Waals surface area contributed by atoms with Crippen LogP contribution in [0.4, 0.5) is 0 Å². The van der Waals surface area contributed by atoms with Gasteiger partial charge in [-0.3, -0.25) is 20.4 Å². The normalized spacial score (nSPS) is 11.3. The molecule has 130 valence electrons. The predicted molar refractivity (Wildman–Crippen MR) is 93.4 cm³/mol. The summed E-state index contributed by atoms with van der Waals surface area (Å²) in [5.41, 5.74) is 4.89. The molecule has 0 saturated carbocycles. The smallest absolute Gasteiger partial charge is 0.340 e. The van der Waals surface area contributed by atoms with Crippen molar-refractivity contribution < 1.29 is 19.1 Å². The SMILES string of the molecule is C[C@@H](OC(=O)c1ccc(Cl)cc1Cl)C(=O)NNC(=O)c1ccccc1. The van der Waals surface area contributed by atoms with Gasteiger partial charge in [-0.05, 0) is 37.3 Å². The molecule has 0 unspecified atom stereocenters. The van der Waals surface area contributed by atoms with Gasteiger partial charge in [-0.25, -0.2) is 4.79 Å². The molecule has 0 saturated heterocycles. The van der Waals surface area contributed by atoms with Crippen LogP contribution in [-0.2, 0) is 9.53 Å². The summed E-state index contributed by atoms with van der Waals surface area (Å²) < 4.78 is 5.03. The van der Waals surface area contributed by atoms with Gasteiger partial charge in [-0.15, -0.1) is 0 Å². The van der Waals surface area contributed by atoms with Gasteiger partial charge in [0.25, 0.3) is 11.8 Å². The fourth-order valence-corrected chi connectivity index (χ4v) is 2.30. The van der Waals surface area contributed by atoms with E-state index in [0.29, 0.717) is 10.6 Å². The van der Waals surface area contributed by atoms with E-state index in [2.05, 4.69) is 10.9 Å². The fraction of sp³-hybridized carbons (Fsp3) is 0.118. The van der Waals surface area contributed by atoms with Crippen molar-refractivity contribution in [1.29, 1.82) is 0 Å². The molecule has 6 nitrogen and oxygen atoms in total. The van der Waals surface area contributed by atoms with Crippen LogP contribution in [0.25, 0.3) is 0 Å². The molecule has 0 aliphatic carbocycles. The summed E-state index contributed by atoms with van der Waals surface area (Å²) in [6.07, 6.45) is -1.14. The van der Waals surface area contributed by atoms with Gasteiger partial charge in [0.2, 0.25) is 0 Å². The number of hydrogen-bond donors (Lipinski definition) is 2. The van der Waals surface area contributed by atoms with Crippen LogP contribution in [0.1, 0.15) is 27.6 Å². The lowest BCUT2D eigenvalue weighted by atomic mass is 10.2. The number of nitrogens with one attached hydrogen (secondary N) is 2. The summed E-state index contributed by atoms with van der Waals surface area (Å²) in [6.45, 7) is 1.37. The third-order valence-electron chi connectivity index (χ3n) is 3.14. The van der Waals surface area contributed by atoms with Crippen LogP contribution >= 0.6 is 23.2 Å². The van der Waals surface area contributed by atoms with E-state index in [1.807, 2.05) is 0 Å². The summed E-state index contributed by atoms with van der Waals surface area (Å²) in [5.74, 6) is -1.96. The second kappa shape index (κ2) is 8.50. The van der Waals surface area contributed by atoms with Crippen molar-refractivity contribution in [3.05, 3.63) is 69.7 Å². The molecule has 0 aliphatic rings. The zero-order valence-corrected chi connectivity index (χ0v) is 14.6.